The first kappa shape index (κ1) is 21.6. The summed E-state index contributed by atoms with van der Waals surface area (Å²) in [5.74, 6) is -0.937. The highest BCUT2D eigenvalue weighted by molar-refractivity contribution is 6.14. The number of unbranched alkanes of at least 4 members (excludes halogenated alkanes) is 5. The molecule has 1 atom stereocenters. The van der Waals surface area contributed by atoms with E-state index in [1.54, 1.807) is 4.90 Å². The number of carboxylic acid groups (broad SMARTS) is 1. The van der Waals surface area contributed by atoms with Gasteiger partial charge in [-0.2, -0.15) is 0 Å². The fraction of sp³-hybridized carbons (Fsp3) is 0.375. The van der Waals surface area contributed by atoms with Crippen LogP contribution in [0.25, 0.3) is 0 Å². The van der Waals surface area contributed by atoms with Gasteiger partial charge in [0.15, 0.2) is 0 Å². The predicted molar refractivity (Wildman–Crippen MR) is 115 cm³/mol. The Kier molecular flexibility index (Phi) is 7.60. The van der Waals surface area contributed by atoms with E-state index in [2.05, 4.69) is 0 Å². The SMILES string of the molecule is O=C(O)CCCCCCCCN1C(=O)C(c2ccccc2)N(c2ccccc2)C1=O. The Hall–Kier alpha value is -3.15. The van der Waals surface area contributed by atoms with Gasteiger partial charge in [-0.3, -0.25) is 19.4 Å². The average Bonchev–Trinajstić information content (AvgIpc) is 3.01. The summed E-state index contributed by atoms with van der Waals surface area (Å²) in [6.45, 7) is 0.402. The van der Waals surface area contributed by atoms with Crippen LogP contribution in [-0.4, -0.2) is 34.5 Å². The van der Waals surface area contributed by atoms with Gasteiger partial charge >= 0.3 is 12.0 Å². The van der Waals surface area contributed by atoms with Gasteiger partial charge in [0.25, 0.3) is 5.91 Å². The van der Waals surface area contributed by atoms with Crippen molar-refractivity contribution in [3.63, 3.8) is 0 Å². The van der Waals surface area contributed by atoms with E-state index in [0.29, 0.717) is 18.7 Å². The van der Waals surface area contributed by atoms with Crippen molar-refractivity contribution in [1.29, 1.82) is 0 Å². The fourth-order valence-electron chi connectivity index (χ4n) is 3.83. The van der Waals surface area contributed by atoms with E-state index in [9.17, 15) is 14.4 Å². The molecular formula is C24H28N2O4. The quantitative estimate of drug-likeness (QED) is 0.419. The highest BCUT2D eigenvalue weighted by Crippen LogP contribution is 2.35. The second kappa shape index (κ2) is 10.6. The van der Waals surface area contributed by atoms with Crippen LogP contribution < -0.4 is 4.90 Å². The lowest BCUT2D eigenvalue weighted by Gasteiger charge is -2.22. The van der Waals surface area contributed by atoms with Gasteiger partial charge in [-0.1, -0.05) is 74.2 Å². The van der Waals surface area contributed by atoms with Crippen LogP contribution in [0.1, 0.15) is 56.6 Å². The van der Waals surface area contributed by atoms with E-state index >= 15 is 0 Å². The largest absolute Gasteiger partial charge is 0.481 e. The standard InChI is InChI=1S/C24H28N2O4/c27-21(28)17-11-3-1-2-4-12-18-25-23(29)22(19-13-7-5-8-14-19)26(24(25)30)20-15-9-6-10-16-20/h5-10,13-16,22H,1-4,11-12,17-18H2,(H,27,28). The number of nitrogens with zero attached hydrogens (tertiary/aromatic N) is 2. The Morgan fingerprint density at radius 3 is 2.00 bits per heavy atom. The maximum atomic E-state index is 13.2. The summed E-state index contributed by atoms with van der Waals surface area (Å²) >= 11 is 0. The summed E-state index contributed by atoms with van der Waals surface area (Å²) < 4.78 is 0. The van der Waals surface area contributed by atoms with Crippen molar-refractivity contribution in [2.24, 2.45) is 0 Å². The van der Waals surface area contributed by atoms with E-state index in [4.69, 9.17) is 5.11 Å². The van der Waals surface area contributed by atoms with Gasteiger partial charge in [0.1, 0.15) is 6.04 Å². The zero-order chi connectivity index (χ0) is 21.3. The van der Waals surface area contributed by atoms with Crippen molar-refractivity contribution in [1.82, 2.24) is 4.90 Å². The third kappa shape index (κ3) is 5.26. The Bertz CT molecular complexity index is 797. The first-order valence-corrected chi connectivity index (χ1v) is 10.6. The van der Waals surface area contributed by atoms with E-state index in [0.717, 1.165) is 37.7 Å². The van der Waals surface area contributed by atoms with E-state index in [1.165, 1.54) is 4.90 Å². The molecule has 0 radical (unpaired) electrons. The number of urea groups is 1. The molecule has 0 aliphatic carbocycles. The first-order valence-electron chi connectivity index (χ1n) is 10.6. The molecule has 3 amide bonds. The summed E-state index contributed by atoms with van der Waals surface area (Å²) in [6, 6.07) is 17.8. The van der Waals surface area contributed by atoms with Crippen molar-refractivity contribution in [3.05, 3.63) is 66.2 Å². The number of hydrogen-bond donors (Lipinski definition) is 1. The summed E-state index contributed by atoms with van der Waals surface area (Å²) in [4.78, 5) is 39.8. The molecule has 2 aromatic carbocycles. The Morgan fingerprint density at radius 2 is 1.37 bits per heavy atom. The number of benzene rings is 2. The van der Waals surface area contributed by atoms with Gasteiger partial charge in [-0.25, -0.2) is 4.79 Å². The number of anilines is 1. The van der Waals surface area contributed by atoms with Crippen molar-refractivity contribution in [2.75, 3.05) is 11.4 Å². The summed E-state index contributed by atoms with van der Waals surface area (Å²) in [5, 5.41) is 8.66. The lowest BCUT2D eigenvalue weighted by molar-refractivity contribution is -0.137. The van der Waals surface area contributed by atoms with Gasteiger partial charge in [0.05, 0.1) is 0 Å². The molecule has 1 heterocycles. The Balaban J connectivity index is 1.61. The first-order chi connectivity index (χ1) is 14.6. The van der Waals surface area contributed by atoms with Crippen LogP contribution in [0.3, 0.4) is 0 Å². The molecule has 2 aromatic rings. The molecule has 1 aliphatic rings. The molecule has 30 heavy (non-hydrogen) atoms. The van der Waals surface area contributed by atoms with Crippen LogP contribution >= 0.6 is 0 Å². The third-order valence-electron chi connectivity index (χ3n) is 5.37. The molecule has 1 saturated heterocycles. The van der Waals surface area contributed by atoms with Crippen LogP contribution in [-0.2, 0) is 9.59 Å². The maximum Gasteiger partial charge on any atom is 0.332 e. The number of para-hydroxylation sites is 1. The fourth-order valence-corrected chi connectivity index (χ4v) is 3.83. The molecule has 1 unspecified atom stereocenters. The zero-order valence-electron chi connectivity index (χ0n) is 17.1. The Labute approximate surface area is 177 Å². The van der Waals surface area contributed by atoms with Crippen LogP contribution in [0.15, 0.2) is 60.7 Å². The van der Waals surface area contributed by atoms with Crippen molar-refractivity contribution < 1.29 is 19.5 Å². The minimum atomic E-state index is -0.753. The van der Waals surface area contributed by atoms with E-state index < -0.39 is 12.0 Å². The van der Waals surface area contributed by atoms with Crippen molar-refractivity contribution in [3.8, 4) is 0 Å². The number of hydrogen-bond acceptors (Lipinski definition) is 3. The molecule has 1 aliphatic heterocycles. The highest BCUT2D eigenvalue weighted by Gasteiger charge is 2.46. The van der Waals surface area contributed by atoms with Crippen LogP contribution in [0, 0.1) is 0 Å². The minimum absolute atomic E-state index is 0.184. The second-order valence-corrected chi connectivity index (χ2v) is 7.56. The lowest BCUT2D eigenvalue weighted by Crippen LogP contribution is -2.33. The maximum absolute atomic E-state index is 13.2. The molecule has 1 fully saturated rings. The van der Waals surface area contributed by atoms with Crippen LogP contribution in [0.2, 0.25) is 0 Å². The number of carbonyl (C=O) groups is 3. The minimum Gasteiger partial charge on any atom is -0.481 e. The predicted octanol–water partition coefficient (Wildman–Crippen LogP) is 5.01. The molecule has 0 bridgehead atoms. The third-order valence-corrected chi connectivity index (χ3v) is 5.37. The molecule has 158 valence electrons. The molecular weight excluding hydrogens is 380 g/mol. The number of carbonyl (C=O) groups excluding carboxylic acids is 2. The Morgan fingerprint density at radius 1 is 0.800 bits per heavy atom. The van der Waals surface area contributed by atoms with Gasteiger partial charge in [0.2, 0.25) is 0 Å². The molecule has 1 N–H and O–H groups in total. The normalized spacial score (nSPS) is 16.3. The number of carboxylic acids is 1. The van der Waals surface area contributed by atoms with Crippen molar-refractivity contribution >= 4 is 23.6 Å². The average molecular weight is 408 g/mol. The van der Waals surface area contributed by atoms with Crippen LogP contribution in [0.4, 0.5) is 10.5 Å². The molecule has 6 heteroatoms. The van der Waals surface area contributed by atoms with Crippen LogP contribution in [0.5, 0.6) is 0 Å². The summed E-state index contributed by atoms with van der Waals surface area (Å²) in [7, 11) is 0. The monoisotopic (exact) mass is 408 g/mol. The number of imide groups is 1. The summed E-state index contributed by atoms with van der Waals surface area (Å²) in [5.41, 5.74) is 1.52. The van der Waals surface area contributed by atoms with Crippen molar-refractivity contribution in [2.45, 2.75) is 51.0 Å². The number of amides is 3. The molecule has 0 spiro atoms. The topological polar surface area (TPSA) is 77.9 Å². The summed E-state index contributed by atoms with van der Waals surface area (Å²) in [6.07, 6.45) is 5.41. The van der Waals surface area contributed by atoms with Gasteiger partial charge in [-0.15, -0.1) is 0 Å². The number of rotatable bonds is 11. The number of aliphatic carboxylic acids is 1. The molecule has 3 rings (SSSR count). The molecule has 0 aromatic heterocycles. The van der Waals surface area contributed by atoms with Gasteiger partial charge in [-0.05, 0) is 30.5 Å². The van der Waals surface area contributed by atoms with Gasteiger partial charge < -0.3 is 5.11 Å². The highest BCUT2D eigenvalue weighted by atomic mass is 16.4. The molecule has 6 nitrogen and oxygen atoms in total. The van der Waals surface area contributed by atoms with E-state index in [1.807, 2.05) is 60.7 Å². The zero-order valence-corrected chi connectivity index (χ0v) is 17.1. The molecule has 0 saturated carbocycles. The van der Waals surface area contributed by atoms with Gasteiger partial charge in [0, 0.05) is 18.7 Å². The second-order valence-electron chi connectivity index (χ2n) is 7.56. The smallest absolute Gasteiger partial charge is 0.332 e. The van der Waals surface area contributed by atoms with E-state index in [-0.39, 0.29) is 18.4 Å². The lowest BCUT2D eigenvalue weighted by atomic mass is 10.1.